The van der Waals surface area contributed by atoms with Gasteiger partial charge in [-0.15, -0.1) is 5.10 Å². The van der Waals surface area contributed by atoms with E-state index in [4.69, 9.17) is 0 Å². The number of nitrogens with one attached hydrogen (secondary N) is 1. The summed E-state index contributed by atoms with van der Waals surface area (Å²) in [4.78, 5) is 24.4. The molecule has 0 aliphatic rings. The minimum Gasteiger partial charge on any atom is -0.346 e. The Balaban J connectivity index is 1.61. The Labute approximate surface area is 164 Å². The van der Waals surface area contributed by atoms with Gasteiger partial charge in [-0.25, -0.2) is 0 Å². The number of rotatable bonds is 7. The fraction of sp³-hybridized carbons (Fsp3) is 0.211. The van der Waals surface area contributed by atoms with Crippen molar-refractivity contribution in [2.75, 3.05) is 0 Å². The number of halogens is 1. The third kappa shape index (κ3) is 4.85. The fourth-order valence-corrected chi connectivity index (χ4v) is 3.02. The van der Waals surface area contributed by atoms with E-state index in [2.05, 4.69) is 36.8 Å². The maximum atomic E-state index is 12.2. The summed E-state index contributed by atoms with van der Waals surface area (Å²) >= 11 is 3.42. The van der Waals surface area contributed by atoms with Crippen molar-refractivity contribution in [3.63, 3.8) is 0 Å². The summed E-state index contributed by atoms with van der Waals surface area (Å²) in [6, 6.07) is 16.1. The van der Waals surface area contributed by atoms with Crippen LogP contribution >= 0.6 is 15.9 Å². The molecule has 3 rings (SSSR count). The molecule has 0 aliphatic carbocycles. The average Bonchev–Trinajstić information content (AvgIpc) is 3.17. The Bertz CT molecular complexity index is 942. The molecule has 0 saturated heterocycles. The van der Waals surface area contributed by atoms with Crippen molar-refractivity contribution < 1.29 is 9.59 Å². The quantitative estimate of drug-likeness (QED) is 0.584. The van der Waals surface area contributed by atoms with Crippen molar-refractivity contribution in [3.05, 3.63) is 70.5 Å². The summed E-state index contributed by atoms with van der Waals surface area (Å²) in [5, 5.41) is 14.6. The van der Waals surface area contributed by atoms with Crippen molar-refractivity contribution >= 4 is 27.6 Å². The molecule has 8 heteroatoms. The summed E-state index contributed by atoms with van der Waals surface area (Å²) in [6.07, 6.45) is 0.260. The highest BCUT2D eigenvalue weighted by Gasteiger charge is 2.18. The first kappa shape index (κ1) is 18.9. The van der Waals surface area contributed by atoms with E-state index in [1.54, 1.807) is 35.9 Å². The number of amides is 1. The number of nitrogens with zero attached hydrogens (tertiary/aromatic N) is 4. The van der Waals surface area contributed by atoms with E-state index < -0.39 is 6.04 Å². The van der Waals surface area contributed by atoms with Gasteiger partial charge in [0.1, 0.15) is 0 Å². The Morgan fingerprint density at radius 1 is 1.11 bits per heavy atom. The van der Waals surface area contributed by atoms with Gasteiger partial charge < -0.3 is 5.32 Å². The van der Waals surface area contributed by atoms with Crippen molar-refractivity contribution in [3.8, 4) is 5.69 Å². The standard InChI is InChI=1S/C19H18BrN5O2/c1-13(19-22-23-24-25(19)16-9-5-8-15(20)12-16)21-18(27)11-10-17(26)14-6-3-2-4-7-14/h2-9,12-13H,10-11H2,1H3,(H,21,27). The summed E-state index contributed by atoms with van der Waals surface area (Å²) in [5.74, 6) is 0.226. The summed E-state index contributed by atoms with van der Waals surface area (Å²) in [6.45, 7) is 1.80. The molecule has 2 aromatic carbocycles. The van der Waals surface area contributed by atoms with Gasteiger partial charge in [0.25, 0.3) is 0 Å². The average molecular weight is 428 g/mol. The molecular weight excluding hydrogens is 410 g/mol. The summed E-state index contributed by atoms with van der Waals surface area (Å²) in [7, 11) is 0. The van der Waals surface area contributed by atoms with Crippen LogP contribution in [0.4, 0.5) is 0 Å². The first-order valence-electron chi connectivity index (χ1n) is 8.46. The smallest absolute Gasteiger partial charge is 0.221 e. The molecule has 138 valence electrons. The Morgan fingerprint density at radius 2 is 1.89 bits per heavy atom. The zero-order valence-corrected chi connectivity index (χ0v) is 16.3. The highest BCUT2D eigenvalue weighted by Crippen LogP contribution is 2.18. The molecule has 0 fully saturated rings. The van der Waals surface area contributed by atoms with Crippen molar-refractivity contribution in [1.29, 1.82) is 0 Å². The van der Waals surface area contributed by atoms with Gasteiger partial charge in [-0.1, -0.05) is 52.3 Å². The zero-order chi connectivity index (χ0) is 19.2. The molecule has 0 saturated carbocycles. The molecule has 3 aromatic rings. The maximum Gasteiger partial charge on any atom is 0.221 e. The van der Waals surface area contributed by atoms with Crippen LogP contribution in [0.25, 0.3) is 5.69 Å². The molecule has 1 aromatic heterocycles. The van der Waals surface area contributed by atoms with E-state index in [9.17, 15) is 9.59 Å². The third-order valence-corrected chi connectivity index (χ3v) is 4.48. The highest BCUT2D eigenvalue weighted by molar-refractivity contribution is 9.10. The van der Waals surface area contributed by atoms with E-state index >= 15 is 0 Å². The van der Waals surface area contributed by atoms with Crippen molar-refractivity contribution in [2.45, 2.75) is 25.8 Å². The number of benzene rings is 2. The maximum absolute atomic E-state index is 12.2. The molecule has 7 nitrogen and oxygen atoms in total. The first-order valence-corrected chi connectivity index (χ1v) is 9.25. The highest BCUT2D eigenvalue weighted by atomic mass is 79.9. The topological polar surface area (TPSA) is 89.8 Å². The SMILES string of the molecule is CC(NC(=O)CCC(=O)c1ccccc1)c1nnnn1-c1cccc(Br)c1. The number of tetrazole rings is 1. The second-order valence-electron chi connectivity index (χ2n) is 6.01. The zero-order valence-electron chi connectivity index (χ0n) is 14.7. The number of hydrogen-bond acceptors (Lipinski definition) is 5. The largest absolute Gasteiger partial charge is 0.346 e. The Morgan fingerprint density at radius 3 is 2.63 bits per heavy atom. The Kier molecular flexibility index (Phi) is 6.08. The molecule has 1 heterocycles. The molecule has 0 aliphatic heterocycles. The third-order valence-electron chi connectivity index (χ3n) is 3.99. The van der Waals surface area contributed by atoms with Crippen LogP contribution in [0.3, 0.4) is 0 Å². The first-order chi connectivity index (χ1) is 13.0. The van der Waals surface area contributed by atoms with Gasteiger partial charge in [0.05, 0.1) is 11.7 Å². The number of carbonyl (C=O) groups excluding carboxylic acids is 2. The normalized spacial score (nSPS) is 11.8. The second-order valence-corrected chi connectivity index (χ2v) is 6.92. The lowest BCUT2D eigenvalue weighted by atomic mass is 10.1. The Hall–Kier alpha value is -2.87. The van der Waals surface area contributed by atoms with Gasteiger partial charge in [0.2, 0.25) is 5.91 Å². The van der Waals surface area contributed by atoms with Crippen LogP contribution in [0.1, 0.15) is 42.0 Å². The molecule has 0 spiro atoms. The number of carbonyl (C=O) groups is 2. The summed E-state index contributed by atoms with van der Waals surface area (Å²) in [5.41, 5.74) is 1.39. The summed E-state index contributed by atoms with van der Waals surface area (Å²) < 4.78 is 2.47. The van der Waals surface area contributed by atoms with Crippen LogP contribution in [0, 0.1) is 0 Å². The number of ketones is 1. The van der Waals surface area contributed by atoms with Gasteiger partial charge in [-0.05, 0) is 35.5 Å². The van der Waals surface area contributed by atoms with Crippen LogP contribution < -0.4 is 5.32 Å². The van der Waals surface area contributed by atoms with Crippen LogP contribution in [0.5, 0.6) is 0 Å². The fourth-order valence-electron chi connectivity index (χ4n) is 2.63. The number of hydrogen-bond donors (Lipinski definition) is 1. The monoisotopic (exact) mass is 427 g/mol. The van der Waals surface area contributed by atoms with Crippen LogP contribution in [-0.2, 0) is 4.79 Å². The van der Waals surface area contributed by atoms with E-state index in [1.165, 1.54) is 0 Å². The lowest BCUT2D eigenvalue weighted by Gasteiger charge is -2.13. The molecule has 0 radical (unpaired) electrons. The van der Waals surface area contributed by atoms with E-state index in [1.807, 2.05) is 30.3 Å². The van der Waals surface area contributed by atoms with Crippen molar-refractivity contribution in [1.82, 2.24) is 25.5 Å². The van der Waals surface area contributed by atoms with E-state index in [-0.39, 0.29) is 24.5 Å². The van der Waals surface area contributed by atoms with Crippen LogP contribution in [-0.4, -0.2) is 31.9 Å². The lowest BCUT2D eigenvalue weighted by Crippen LogP contribution is -2.29. The van der Waals surface area contributed by atoms with Gasteiger partial charge in [-0.3, -0.25) is 9.59 Å². The predicted molar refractivity (Wildman–Crippen MR) is 103 cm³/mol. The van der Waals surface area contributed by atoms with Gasteiger partial charge in [-0.2, -0.15) is 4.68 Å². The minimum absolute atomic E-state index is 0.0580. The van der Waals surface area contributed by atoms with Crippen LogP contribution in [0.2, 0.25) is 0 Å². The van der Waals surface area contributed by atoms with E-state index in [0.717, 1.165) is 10.2 Å². The molecule has 1 amide bonds. The number of Topliss-reactive ketones (excluding diaryl/α,β-unsaturated/α-hetero) is 1. The lowest BCUT2D eigenvalue weighted by molar-refractivity contribution is -0.121. The van der Waals surface area contributed by atoms with E-state index in [0.29, 0.717) is 11.4 Å². The molecule has 27 heavy (non-hydrogen) atoms. The molecule has 1 N–H and O–H groups in total. The molecule has 0 bridgehead atoms. The van der Waals surface area contributed by atoms with Gasteiger partial charge in [0.15, 0.2) is 11.6 Å². The second kappa shape index (κ2) is 8.68. The molecular formula is C19H18BrN5O2. The van der Waals surface area contributed by atoms with Crippen LogP contribution in [0.15, 0.2) is 59.1 Å². The van der Waals surface area contributed by atoms with Gasteiger partial charge in [0, 0.05) is 22.9 Å². The minimum atomic E-state index is -0.404. The number of aromatic nitrogens is 4. The molecule has 1 atom stereocenters. The predicted octanol–water partition coefficient (Wildman–Crippen LogP) is 3.27. The van der Waals surface area contributed by atoms with Gasteiger partial charge >= 0.3 is 0 Å². The van der Waals surface area contributed by atoms with Crippen molar-refractivity contribution in [2.24, 2.45) is 0 Å². The molecule has 1 unspecified atom stereocenters.